The van der Waals surface area contributed by atoms with Crippen molar-refractivity contribution in [2.24, 2.45) is 0 Å². The molecule has 0 radical (unpaired) electrons. The molecule has 21 heavy (non-hydrogen) atoms. The van der Waals surface area contributed by atoms with Crippen LogP contribution < -0.4 is 5.32 Å². The molecule has 3 nitrogen and oxygen atoms in total. The summed E-state index contributed by atoms with van der Waals surface area (Å²) in [6, 6.07) is 6.96. The minimum Gasteiger partial charge on any atom is -0.385 e. The zero-order valence-electron chi connectivity index (χ0n) is 13.8. The average molecular weight is 287 g/mol. The van der Waals surface area contributed by atoms with Crippen molar-refractivity contribution in [1.82, 2.24) is 9.80 Å². The first-order valence-corrected chi connectivity index (χ1v) is 8.31. The summed E-state index contributed by atoms with van der Waals surface area (Å²) in [5.41, 5.74) is 4.72. The monoisotopic (exact) mass is 287 g/mol. The molecule has 1 aromatic rings. The molecule has 3 rings (SSSR count). The smallest absolute Gasteiger partial charge is 0.0372 e. The van der Waals surface area contributed by atoms with Gasteiger partial charge in [0.1, 0.15) is 0 Å². The molecule has 0 spiro atoms. The van der Waals surface area contributed by atoms with E-state index in [9.17, 15) is 0 Å². The van der Waals surface area contributed by atoms with E-state index in [0.29, 0.717) is 5.54 Å². The molecule has 0 atom stereocenters. The normalized spacial score (nSPS) is 20.0. The van der Waals surface area contributed by atoms with Crippen LogP contribution in [-0.2, 0) is 13.0 Å². The first kappa shape index (κ1) is 14.9. The van der Waals surface area contributed by atoms with E-state index in [1.54, 1.807) is 0 Å². The van der Waals surface area contributed by atoms with E-state index in [-0.39, 0.29) is 0 Å². The van der Waals surface area contributed by atoms with Gasteiger partial charge in [0.05, 0.1) is 0 Å². The van der Waals surface area contributed by atoms with Crippen molar-refractivity contribution in [2.45, 2.75) is 44.2 Å². The zero-order chi connectivity index (χ0) is 14.9. The fourth-order valence-electron chi connectivity index (χ4n) is 3.83. The van der Waals surface area contributed by atoms with Crippen molar-refractivity contribution in [3.8, 4) is 0 Å². The van der Waals surface area contributed by atoms with Crippen LogP contribution in [0.4, 0.5) is 5.69 Å². The van der Waals surface area contributed by atoms with Crippen LogP contribution in [0.2, 0.25) is 0 Å². The van der Waals surface area contributed by atoms with E-state index in [1.165, 1.54) is 55.5 Å². The number of anilines is 1. The summed E-state index contributed by atoms with van der Waals surface area (Å²) in [5, 5.41) is 3.49. The number of likely N-dealkylation sites (N-methyl/N-ethyl adjacent to an activating group) is 2. The first-order chi connectivity index (χ1) is 10.1. The van der Waals surface area contributed by atoms with Crippen LogP contribution in [-0.4, -0.2) is 49.6 Å². The number of hydrogen-bond acceptors (Lipinski definition) is 3. The molecule has 1 heterocycles. The maximum Gasteiger partial charge on any atom is 0.0372 e. The van der Waals surface area contributed by atoms with Gasteiger partial charge in [-0.15, -0.1) is 0 Å². The van der Waals surface area contributed by atoms with Crippen molar-refractivity contribution < 1.29 is 0 Å². The van der Waals surface area contributed by atoms with Gasteiger partial charge in [-0.1, -0.05) is 12.1 Å². The van der Waals surface area contributed by atoms with E-state index in [4.69, 9.17) is 0 Å². The maximum atomic E-state index is 3.49. The predicted molar refractivity (Wildman–Crippen MR) is 89.9 cm³/mol. The van der Waals surface area contributed by atoms with Crippen LogP contribution in [0.25, 0.3) is 0 Å². The van der Waals surface area contributed by atoms with Crippen LogP contribution in [0, 0.1) is 0 Å². The lowest BCUT2D eigenvalue weighted by atomic mass is 9.75. The largest absolute Gasteiger partial charge is 0.385 e. The summed E-state index contributed by atoms with van der Waals surface area (Å²) in [6.07, 6.45) is 6.56. The van der Waals surface area contributed by atoms with Crippen molar-refractivity contribution in [3.63, 3.8) is 0 Å². The quantitative estimate of drug-likeness (QED) is 0.898. The highest BCUT2D eigenvalue weighted by molar-refractivity contribution is 5.54. The second kappa shape index (κ2) is 5.98. The van der Waals surface area contributed by atoms with Crippen molar-refractivity contribution in [2.75, 3.05) is 39.5 Å². The lowest BCUT2D eigenvalue weighted by molar-refractivity contribution is 0.0259. The average Bonchev–Trinajstić information content (AvgIpc) is 2.42. The number of rotatable bonds is 5. The van der Waals surface area contributed by atoms with Gasteiger partial charge in [0.25, 0.3) is 0 Å². The molecule has 1 N–H and O–H groups in total. The zero-order valence-corrected chi connectivity index (χ0v) is 13.8. The summed E-state index contributed by atoms with van der Waals surface area (Å²) in [6.45, 7) is 3.36. The Hall–Kier alpha value is -1.06. The molecule has 116 valence electrons. The van der Waals surface area contributed by atoms with Crippen molar-refractivity contribution in [3.05, 3.63) is 29.3 Å². The maximum absolute atomic E-state index is 3.49. The van der Waals surface area contributed by atoms with E-state index in [0.717, 1.165) is 13.1 Å². The molecule has 1 aliphatic carbocycles. The van der Waals surface area contributed by atoms with E-state index in [2.05, 4.69) is 54.5 Å². The van der Waals surface area contributed by atoms with Gasteiger partial charge in [0, 0.05) is 30.9 Å². The van der Waals surface area contributed by atoms with Crippen LogP contribution >= 0.6 is 0 Å². The third kappa shape index (κ3) is 3.09. The number of aryl methyl sites for hydroxylation is 1. The Morgan fingerprint density at radius 3 is 2.62 bits per heavy atom. The van der Waals surface area contributed by atoms with Crippen LogP contribution in [0.5, 0.6) is 0 Å². The Labute approximate surface area is 129 Å². The van der Waals surface area contributed by atoms with Crippen molar-refractivity contribution >= 4 is 5.69 Å². The van der Waals surface area contributed by atoms with Gasteiger partial charge in [-0.3, -0.25) is 0 Å². The van der Waals surface area contributed by atoms with Crippen LogP contribution in [0.15, 0.2) is 18.2 Å². The van der Waals surface area contributed by atoms with Gasteiger partial charge in [0.15, 0.2) is 0 Å². The third-order valence-corrected chi connectivity index (χ3v) is 5.36. The van der Waals surface area contributed by atoms with Crippen LogP contribution in [0.3, 0.4) is 0 Å². The molecule has 1 saturated carbocycles. The van der Waals surface area contributed by atoms with Gasteiger partial charge in [0.2, 0.25) is 0 Å². The van der Waals surface area contributed by atoms with Crippen molar-refractivity contribution in [1.29, 1.82) is 0 Å². The number of fused-ring (bicyclic) bond motifs is 1. The molecular formula is C18H29N3. The second-order valence-corrected chi connectivity index (χ2v) is 7.17. The lowest BCUT2D eigenvalue weighted by Crippen LogP contribution is -2.56. The molecular weight excluding hydrogens is 258 g/mol. The number of hydrogen-bond donors (Lipinski definition) is 1. The SMILES string of the molecule is CN(Cc1ccc2c(c1)CCCN2)CC1(N(C)C)CCC1. The predicted octanol–water partition coefficient (Wildman–Crippen LogP) is 2.96. The molecule has 0 bridgehead atoms. The van der Waals surface area contributed by atoms with E-state index >= 15 is 0 Å². The molecule has 1 fully saturated rings. The molecule has 0 unspecified atom stereocenters. The van der Waals surface area contributed by atoms with Gasteiger partial charge >= 0.3 is 0 Å². The van der Waals surface area contributed by atoms with E-state index < -0.39 is 0 Å². The Bertz CT molecular complexity index is 491. The summed E-state index contributed by atoms with van der Waals surface area (Å²) in [4.78, 5) is 4.93. The Morgan fingerprint density at radius 1 is 1.14 bits per heavy atom. The molecule has 3 heteroatoms. The fourth-order valence-corrected chi connectivity index (χ4v) is 3.83. The van der Waals surface area contributed by atoms with Gasteiger partial charge in [-0.25, -0.2) is 0 Å². The number of nitrogens with one attached hydrogen (secondary N) is 1. The van der Waals surface area contributed by atoms with Gasteiger partial charge in [-0.05, 0) is 70.4 Å². The lowest BCUT2D eigenvalue weighted by Gasteiger charge is -2.49. The molecule has 1 aliphatic heterocycles. The topological polar surface area (TPSA) is 18.5 Å². The Balaban J connectivity index is 1.63. The number of nitrogens with zero attached hydrogens (tertiary/aromatic N) is 2. The minimum atomic E-state index is 0.421. The first-order valence-electron chi connectivity index (χ1n) is 8.31. The Kier molecular flexibility index (Phi) is 4.23. The molecule has 0 aromatic heterocycles. The highest BCUT2D eigenvalue weighted by atomic mass is 15.2. The number of benzene rings is 1. The molecule has 1 aromatic carbocycles. The summed E-state index contributed by atoms with van der Waals surface area (Å²) >= 11 is 0. The Morgan fingerprint density at radius 2 is 1.95 bits per heavy atom. The van der Waals surface area contributed by atoms with E-state index in [1.807, 2.05) is 0 Å². The van der Waals surface area contributed by atoms with Gasteiger partial charge < -0.3 is 15.1 Å². The summed E-state index contributed by atoms with van der Waals surface area (Å²) < 4.78 is 0. The van der Waals surface area contributed by atoms with Gasteiger partial charge in [-0.2, -0.15) is 0 Å². The van der Waals surface area contributed by atoms with Crippen LogP contribution in [0.1, 0.15) is 36.8 Å². The molecule has 0 amide bonds. The summed E-state index contributed by atoms with van der Waals surface area (Å²) in [5.74, 6) is 0. The standard InChI is InChI=1S/C18H29N3/c1-20(2)18(9-5-10-18)14-21(3)13-15-7-8-17-16(12-15)6-4-11-19-17/h7-8,12,19H,4-6,9-11,13-14H2,1-3H3. The molecule has 2 aliphatic rings. The summed E-state index contributed by atoms with van der Waals surface area (Å²) in [7, 11) is 6.73. The highest BCUT2D eigenvalue weighted by Gasteiger charge is 2.39. The highest BCUT2D eigenvalue weighted by Crippen LogP contribution is 2.36. The third-order valence-electron chi connectivity index (χ3n) is 5.36. The second-order valence-electron chi connectivity index (χ2n) is 7.17. The fraction of sp³-hybridized carbons (Fsp3) is 0.667. The minimum absolute atomic E-state index is 0.421. The molecule has 0 saturated heterocycles.